The first-order valence-electron chi connectivity index (χ1n) is 4.89. The lowest BCUT2D eigenvalue weighted by atomic mass is 9.86. The highest BCUT2D eigenvalue weighted by Gasteiger charge is 2.36. The maximum absolute atomic E-state index is 11.3. The SMILES string of the molecule is CC(C)(O)C(C)(C)NC(=O)COCC(=O)O. The molecule has 1 amide bonds. The predicted molar refractivity (Wildman–Crippen MR) is 57.0 cm³/mol. The van der Waals surface area contributed by atoms with Gasteiger partial charge in [-0.3, -0.25) is 4.79 Å². The van der Waals surface area contributed by atoms with E-state index in [2.05, 4.69) is 10.1 Å². The van der Waals surface area contributed by atoms with Gasteiger partial charge in [-0.15, -0.1) is 0 Å². The Labute approximate surface area is 94.6 Å². The second kappa shape index (κ2) is 5.27. The van der Waals surface area contributed by atoms with E-state index in [0.29, 0.717) is 0 Å². The number of carbonyl (C=O) groups is 2. The molecule has 0 aliphatic carbocycles. The highest BCUT2D eigenvalue weighted by Crippen LogP contribution is 2.20. The van der Waals surface area contributed by atoms with Crippen molar-refractivity contribution >= 4 is 11.9 Å². The Morgan fingerprint density at radius 1 is 1.19 bits per heavy atom. The maximum atomic E-state index is 11.3. The minimum absolute atomic E-state index is 0.341. The van der Waals surface area contributed by atoms with Crippen LogP contribution in [0.25, 0.3) is 0 Å². The van der Waals surface area contributed by atoms with Gasteiger partial charge < -0.3 is 20.3 Å². The van der Waals surface area contributed by atoms with Gasteiger partial charge in [0.1, 0.15) is 13.2 Å². The molecule has 0 unspecified atom stereocenters. The average molecular weight is 233 g/mol. The van der Waals surface area contributed by atoms with Crippen LogP contribution >= 0.6 is 0 Å². The van der Waals surface area contributed by atoms with Crippen molar-refractivity contribution in [3.63, 3.8) is 0 Å². The number of carboxylic acid groups (broad SMARTS) is 1. The highest BCUT2D eigenvalue weighted by atomic mass is 16.5. The molecule has 3 N–H and O–H groups in total. The van der Waals surface area contributed by atoms with Gasteiger partial charge in [-0.05, 0) is 27.7 Å². The number of rotatable bonds is 6. The molecular formula is C10H19NO5. The van der Waals surface area contributed by atoms with Crippen molar-refractivity contribution < 1.29 is 24.5 Å². The molecule has 0 radical (unpaired) electrons. The molecule has 94 valence electrons. The Morgan fingerprint density at radius 2 is 1.69 bits per heavy atom. The van der Waals surface area contributed by atoms with E-state index in [0.717, 1.165) is 0 Å². The van der Waals surface area contributed by atoms with Crippen molar-refractivity contribution in [1.29, 1.82) is 0 Å². The topological polar surface area (TPSA) is 95.9 Å². The molecule has 0 atom stereocenters. The quantitative estimate of drug-likeness (QED) is 0.588. The van der Waals surface area contributed by atoms with Gasteiger partial charge in [0.2, 0.25) is 5.91 Å². The first kappa shape index (κ1) is 14.9. The molecule has 0 rings (SSSR count). The highest BCUT2D eigenvalue weighted by molar-refractivity contribution is 5.78. The van der Waals surface area contributed by atoms with Gasteiger partial charge in [0.15, 0.2) is 0 Å². The van der Waals surface area contributed by atoms with E-state index in [1.165, 1.54) is 0 Å². The molecule has 0 aliphatic heterocycles. The van der Waals surface area contributed by atoms with Gasteiger partial charge in [-0.2, -0.15) is 0 Å². The lowest BCUT2D eigenvalue weighted by Crippen LogP contribution is -2.58. The van der Waals surface area contributed by atoms with Crippen molar-refractivity contribution in [3.05, 3.63) is 0 Å². The molecule has 0 aromatic carbocycles. The van der Waals surface area contributed by atoms with Gasteiger partial charge >= 0.3 is 5.97 Å². The summed E-state index contributed by atoms with van der Waals surface area (Å²) in [5, 5.41) is 20.6. The van der Waals surface area contributed by atoms with E-state index in [1.807, 2.05) is 0 Å². The van der Waals surface area contributed by atoms with Crippen LogP contribution in [0, 0.1) is 0 Å². The Kier molecular flexibility index (Phi) is 4.89. The van der Waals surface area contributed by atoms with Crippen LogP contribution in [0.15, 0.2) is 0 Å². The third kappa shape index (κ3) is 5.09. The predicted octanol–water partition coefficient (Wildman–Crippen LogP) is -0.247. The number of carboxylic acids is 1. The number of amides is 1. The Balaban J connectivity index is 4.10. The Morgan fingerprint density at radius 3 is 2.06 bits per heavy atom. The molecular weight excluding hydrogens is 214 g/mol. The first-order valence-corrected chi connectivity index (χ1v) is 4.89. The van der Waals surface area contributed by atoms with Crippen LogP contribution in [0.4, 0.5) is 0 Å². The third-order valence-corrected chi connectivity index (χ3v) is 2.44. The summed E-state index contributed by atoms with van der Waals surface area (Å²) in [5.41, 5.74) is -1.91. The number of nitrogens with one attached hydrogen (secondary N) is 1. The number of carbonyl (C=O) groups excluding carboxylic acids is 1. The molecule has 0 spiro atoms. The molecule has 0 aliphatic rings. The third-order valence-electron chi connectivity index (χ3n) is 2.44. The Hall–Kier alpha value is -1.14. The average Bonchev–Trinajstić information content (AvgIpc) is 1.99. The van der Waals surface area contributed by atoms with Crippen LogP contribution in [-0.2, 0) is 14.3 Å². The lowest BCUT2D eigenvalue weighted by Gasteiger charge is -2.37. The summed E-state index contributed by atoms with van der Waals surface area (Å²) in [7, 11) is 0. The van der Waals surface area contributed by atoms with Crippen molar-refractivity contribution in [2.45, 2.75) is 38.8 Å². The molecule has 16 heavy (non-hydrogen) atoms. The number of ether oxygens (including phenoxy) is 1. The number of aliphatic carboxylic acids is 1. The summed E-state index contributed by atoms with van der Waals surface area (Å²) in [6, 6.07) is 0. The van der Waals surface area contributed by atoms with Gasteiger partial charge in [0.05, 0.1) is 11.1 Å². The molecule has 6 nitrogen and oxygen atoms in total. The summed E-state index contributed by atoms with van der Waals surface area (Å²) >= 11 is 0. The first-order chi connectivity index (χ1) is 7.06. The van der Waals surface area contributed by atoms with Crippen LogP contribution < -0.4 is 5.32 Å². The largest absolute Gasteiger partial charge is 0.480 e. The fourth-order valence-corrected chi connectivity index (χ4v) is 0.769. The zero-order valence-corrected chi connectivity index (χ0v) is 10.0. The zero-order chi connectivity index (χ0) is 13.0. The van der Waals surface area contributed by atoms with Gasteiger partial charge in [0.25, 0.3) is 0 Å². The summed E-state index contributed by atoms with van der Waals surface area (Å²) in [6.45, 7) is 5.63. The molecule has 0 fully saturated rings. The maximum Gasteiger partial charge on any atom is 0.329 e. The fourth-order valence-electron chi connectivity index (χ4n) is 0.769. The normalized spacial score (nSPS) is 12.3. The van der Waals surface area contributed by atoms with Crippen molar-refractivity contribution in [2.75, 3.05) is 13.2 Å². The summed E-state index contributed by atoms with van der Waals surface area (Å²) in [4.78, 5) is 21.5. The second-order valence-corrected chi connectivity index (χ2v) is 4.62. The Bertz CT molecular complexity index is 267. The molecule has 6 heteroatoms. The summed E-state index contributed by atoms with van der Waals surface area (Å²) < 4.78 is 4.62. The van der Waals surface area contributed by atoms with Gasteiger partial charge in [-0.25, -0.2) is 4.79 Å². The van der Waals surface area contributed by atoms with Gasteiger partial charge in [0, 0.05) is 0 Å². The van der Waals surface area contributed by atoms with Crippen molar-refractivity contribution in [3.8, 4) is 0 Å². The summed E-state index contributed by atoms with van der Waals surface area (Å²) in [6.07, 6.45) is 0. The van der Waals surface area contributed by atoms with Crippen molar-refractivity contribution in [2.24, 2.45) is 0 Å². The standard InChI is InChI=1S/C10H19NO5/c1-9(2,10(3,4)15)11-7(12)5-16-6-8(13)14/h15H,5-6H2,1-4H3,(H,11,12)(H,13,14). The number of hydrogen-bond donors (Lipinski definition) is 3. The second-order valence-electron chi connectivity index (χ2n) is 4.62. The fraction of sp³-hybridized carbons (Fsp3) is 0.800. The van der Waals surface area contributed by atoms with Crippen LogP contribution in [0.3, 0.4) is 0 Å². The summed E-state index contributed by atoms with van der Waals surface area (Å²) in [5.74, 6) is -1.59. The van der Waals surface area contributed by atoms with E-state index >= 15 is 0 Å². The van der Waals surface area contributed by atoms with Gasteiger partial charge in [-0.1, -0.05) is 0 Å². The van der Waals surface area contributed by atoms with E-state index in [-0.39, 0.29) is 6.61 Å². The molecule has 0 heterocycles. The van der Waals surface area contributed by atoms with E-state index in [1.54, 1.807) is 27.7 Å². The van der Waals surface area contributed by atoms with E-state index < -0.39 is 29.6 Å². The number of hydrogen-bond acceptors (Lipinski definition) is 4. The number of aliphatic hydroxyl groups is 1. The van der Waals surface area contributed by atoms with Crippen molar-refractivity contribution in [1.82, 2.24) is 5.32 Å². The smallest absolute Gasteiger partial charge is 0.329 e. The van der Waals surface area contributed by atoms with Crippen LogP contribution in [0.1, 0.15) is 27.7 Å². The molecule has 0 saturated heterocycles. The van der Waals surface area contributed by atoms with Crippen LogP contribution in [0.2, 0.25) is 0 Å². The van der Waals surface area contributed by atoms with Crippen LogP contribution in [0.5, 0.6) is 0 Å². The lowest BCUT2D eigenvalue weighted by molar-refractivity contribution is -0.144. The molecule has 0 aromatic rings. The molecule has 0 aromatic heterocycles. The molecule has 0 bridgehead atoms. The van der Waals surface area contributed by atoms with E-state index in [4.69, 9.17) is 5.11 Å². The van der Waals surface area contributed by atoms with E-state index in [9.17, 15) is 14.7 Å². The monoisotopic (exact) mass is 233 g/mol. The van der Waals surface area contributed by atoms with Crippen LogP contribution in [-0.4, -0.2) is 46.4 Å². The molecule has 0 saturated carbocycles. The minimum Gasteiger partial charge on any atom is -0.480 e. The minimum atomic E-state index is -1.13. The zero-order valence-electron chi connectivity index (χ0n) is 10.0.